The number of para-hydroxylation sites is 1. The van der Waals surface area contributed by atoms with E-state index in [1.54, 1.807) is 31.6 Å². The van der Waals surface area contributed by atoms with E-state index >= 15 is 0 Å². The number of amides is 3. The Labute approximate surface area is 206 Å². The molecule has 1 aromatic carbocycles. The smallest absolute Gasteiger partial charge is 0.241 e. The molecule has 1 aromatic heterocycles. The Kier molecular flexibility index (Phi) is 7.80. The molecule has 0 bridgehead atoms. The Morgan fingerprint density at radius 1 is 1.14 bits per heavy atom. The van der Waals surface area contributed by atoms with Crippen molar-refractivity contribution in [1.29, 1.82) is 0 Å². The third kappa shape index (κ3) is 4.93. The molecule has 3 heterocycles. The second kappa shape index (κ2) is 11.0. The molecule has 0 spiro atoms. The highest BCUT2D eigenvalue weighted by Gasteiger charge is 2.55. The first-order valence-electron chi connectivity index (χ1n) is 12.2. The predicted molar refractivity (Wildman–Crippen MR) is 130 cm³/mol. The van der Waals surface area contributed by atoms with Crippen molar-refractivity contribution in [2.75, 3.05) is 33.9 Å². The lowest BCUT2D eigenvalue weighted by molar-refractivity contribution is -0.144. The minimum absolute atomic E-state index is 0.0592. The van der Waals surface area contributed by atoms with Crippen LogP contribution in [0.15, 0.2) is 48.8 Å². The number of rotatable bonds is 9. The summed E-state index contributed by atoms with van der Waals surface area (Å²) in [5.41, 5.74) is 0.269. The fraction of sp³-hybridized carbons (Fsp3) is 0.481. The standard InChI is InChI=1S/C27H33N3O5/c1-34-16-8-15-30-25(32)18-27(26(30)33,21-10-3-4-12-23(21)35-2)17-24(31)29-14-6-5-11-22(29)20-9-7-13-28-19-20/h3-4,7,9-10,12-13,19,22H,5-6,8,11,14-18H2,1-2H3/t22-,27-/m1/s1. The Bertz CT molecular complexity index is 1060. The number of aromatic nitrogens is 1. The van der Waals surface area contributed by atoms with Gasteiger partial charge in [0.25, 0.3) is 0 Å². The molecule has 0 unspecified atom stereocenters. The van der Waals surface area contributed by atoms with Crippen molar-refractivity contribution in [3.05, 3.63) is 59.9 Å². The highest BCUT2D eigenvalue weighted by atomic mass is 16.5. The van der Waals surface area contributed by atoms with Gasteiger partial charge in [-0.15, -0.1) is 0 Å². The van der Waals surface area contributed by atoms with E-state index in [1.165, 1.54) is 12.0 Å². The van der Waals surface area contributed by atoms with Gasteiger partial charge < -0.3 is 14.4 Å². The summed E-state index contributed by atoms with van der Waals surface area (Å²) >= 11 is 0. The highest BCUT2D eigenvalue weighted by Crippen LogP contribution is 2.45. The number of methoxy groups -OCH3 is 2. The van der Waals surface area contributed by atoms with Gasteiger partial charge in [0.05, 0.1) is 18.6 Å². The molecule has 2 fully saturated rings. The molecule has 8 heteroatoms. The number of likely N-dealkylation sites (tertiary alicyclic amines) is 2. The SMILES string of the molecule is COCCCN1C(=O)C[C@](CC(=O)N2CCCC[C@@H]2c2cccnc2)(c2ccccc2OC)C1=O. The minimum Gasteiger partial charge on any atom is -0.496 e. The van der Waals surface area contributed by atoms with Gasteiger partial charge in [0.15, 0.2) is 0 Å². The molecule has 186 valence electrons. The molecule has 2 aliphatic heterocycles. The van der Waals surface area contributed by atoms with Gasteiger partial charge in [-0.25, -0.2) is 0 Å². The first-order valence-corrected chi connectivity index (χ1v) is 12.2. The van der Waals surface area contributed by atoms with Gasteiger partial charge in [-0.3, -0.25) is 24.3 Å². The van der Waals surface area contributed by atoms with Gasteiger partial charge in [0, 0.05) is 57.6 Å². The van der Waals surface area contributed by atoms with Crippen LogP contribution < -0.4 is 4.74 Å². The van der Waals surface area contributed by atoms with Crippen molar-refractivity contribution >= 4 is 17.7 Å². The van der Waals surface area contributed by atoms with Gasteiger partial charge in [-0.1, -0.05) is 24.3 Å². The summed E-state index contributed by atoms with van der Waals surface area (Å²) in [7, 11) is 3.12. The topological polar surface area (TPSA) is 89.0 Å². The maximum absolute atomic E-state index is 13.9. The quantitative estimate of drug-likeness (QED) is 0.405. The summed E-state index contributed by atoms with van der Waals surface area (Å²) in [6.07, 6.45) is 6.68. The number of imide groups is 1. The molecule has 4 rings (SSSR count). The Morgan fingerprint density at radius 3 is 2.71 bits per heavy atom. The van der Waals surface area contributed by atoms with Crippen molar-refractivity contribution in [3.8, 4) is 5.75 Å². The molecular formula is C27H33N3O5. The van der Waals surface area contributed by atoms with Crippen LogP contribution in [0.2, 0.25) is 0 Å². The molecule has 3 amide bonds. The lowest BCUT2D eigenvalue weighted by Crippen LogP contribution is -2.46. The molecular weight excluding hydrogens is 446 g/mol. The summed E-state index contributed by atoms with van der Waals surface area (Å²) < 4.78 is 10.7. The Hall–Kier alpha value is -3.26. The van der Waals surface area contributed by atoms with Crippen molar-refractivity contribution < 1.29 is 23.9 Å². The number of ether oxygens (including phenoxy) is 2. The zero-order valence-electron chi connectivity index (χ0n) is 20.4. The number of piperidine rings is 1. The molecule has 0 N–H and O–H groups in total. The van der Waals surface area contributed by atoms with Gasteiger partial charge in [0.1, 0.15) is 5.75 Å². The van der Waals surface area contributed by atoms with E-state index < -0.39 is 5.41 Å². The number of hydrogen-bond acceptors (Lipinski definition) is 6. The summed E-state index contributed by atoms with van der Waals surface area (Å²) in [6, 6.07) is 11.0. The maximum atomic E-state index is 13.9. The predicted octanol–water partition coefficient (Wildman–Crippen LogP) is 3.27. The van der Waals surface area contributed by atoms with Gasteiger partial charge in [0.2, 0.25) is 17.7 Å². The van der Waals surface area contributed by atoms with Crippen LogP contribution in [0.25, 0.3) is 0 Å². The lowest BCUT2D eigenvalue weighted by atomic mass is 9.74. The van der Waals surface area contributed by atoms with E-state index in [0.717, 1.165) is 24.8 Å². The third-order valence-electron chi connectivity index (χ3n) is 7.11. The lowest BCUT2D eigenvalue weighted by Gasteiger charge is -2.38. The molecule has 2 aliphatic rings. The number of carbonyl (C=O) groups is 3. The number of pyridine rings is 1. The number of hydrogen-bond donors (Lipinski definition) is 0. The minimum atomic E-state index is -1.30. The van der Waals surface area contributed by atoms with Crippen molar-refractivity contribution in [2.24, 2.45) is 0 Å². The maximum Gasteiger partial charge on any atom is 0.241 e. The van der Waals surface area contributed by atoms with Crippen LogP contribution in [0.1, 0.15) is 55.7 Å². The van der Waals surface area contributed by atoms with Crippen LogP contribution >= 0.6 is 0 Å². The Balaban J connectivity index is 1.69. The van der Waals surface area contributed by atoms with Crippen LogP contribution in [-0.2, 0) is 24.5 Å². The Morgan fingerprint density at radius 2 is 1.97 bits per heavy atom. The summed E-state index contributed by atoms with van der Waals surface area (Å²) in [5.74, 6) is -0.245. The van der Waals surface area contributed by atoms with Crippen molar-refractivity contribution in [2.45, 2.75) is 50.0 Å². The van der Waals surface area contributed by atoms with Crippen LogP contribution in [0.3, 0.4) is 0 Å². The van der Waals surface area contributed by atoms with Gasteiger partial charge in [-0.2, -0.15) is 0 Å². The van der Waals surface area contributed by atoms with Crippen LogP contribution in [0, 0.1) is 0 Å². The number of benzene rings is 1. The van der Waals surface area contributed by atoms with E-state index in [1.807, 2.05) is 29.2 Å². The van der Waals surface area contributed by atoms with E-state index in [4.69, 9.17) is 9.47 Å². The van der Waals surface area contributed by atoms with Gasteiger partial charge in [-0.05, 0) is 43.4 Å². The molecule has 0 radical (unpaired) electrons. The molecule has 2 aromatic rings. The second-order valence-corrected chi connectivity index (χ2v) is 9.22. The second-order valence-electron chi connectivity index (χ2n) is 9.22. The van der Waals surface area contributed by atoms with E-state index in [9.17, 15) is 14.4 Å². The molecule has 2 saturated heterocycles. The normalized spacial score (nSPS) is 22.5. The first kappa shape index (κ1) is 24.9. The zero-order valence-corrected chi connectivity index (χ0v) is 20.4. The molecule has 2 atom stereocenters. The fourth-order valence-electron chi connectivity index (χ4n) is 5.39. The van der Waals surface area contributed by atoms with Crippen molar-refractivity contribution in [3.63, 3.8) is 0 Å². The summed E-state index contributed by atoms with van der Waals surface area (Å²) in [6.45, 7) is 1.32. The van der Waals surface area contributed by atoms with E-state index in [0.29, 0.717) is 30.9 Å². The highest BCUT2D eigenvalue weighted by molar-refractivity contribution is 6.11. The summed E-state index contributed by atoms with van der Waals surface area (Å²) in [5, 5.41) is 0. The van der Waals surface area contributed by atoms with Crippen LogP contribution in [0.4, 0.5) is 0 Å². The third-order valence-corrected chi connectivity index (χ3v) is 7.11. The van der Waals surface area contributed by atoms with Crippen molar-refractivity contribution in [1.82, 2.24) is 14.8 Å². The average molecular weight is 480 g/mol. The molecule has 8 nitrogen and oxygen atoms in total. The monoisotopic (exact) mass is 479 g/mol. The largest absolute Gasteiger partial charge is 0.496 e. The average Bonchev–Trinajstić information content (AvgIpc) is 3.14. The fourth-order valence-corrected chi connectivity index (χ4v) is 5.39. The number of carbonyl (C=O) groups excluding carboxylic acids is 3. The first-order chi connectivity index (χ1) is 17.0. The summed E-state index contributed by atoms with van der Waals surface area (Å²) in [4.78, 5) is 48.3. The molecule has 35 heavy (non-hydrogen) atoms. The molecule has 0 saturated carbocycles. The number of nitrogens with zero attached hydrogens (tertiary/aromatic N) is 3. The molecule has 0 aliphatic carbocycles. The van der Waals surface area contributed by atoms with Crippen LogP contribution in [-0.4, -0.2) is 66.4 Å². The van der Waals surface area contributed by atoms with Crippen LogP contribution in [0.5, 0.6) is 5.75 Å². The van der Waals surface area contributed by atoms with Gasteiger partial charge >= 0.3 is 0 Å². The van der Waals surface area contributed by atoms with E-state index in [-0.39, 0.29) is 43.1 Å². The van der Waals surface area contributed by atoms with E-state index in [2.05, 4.69) is 4.98 Å². The zero-order chi connectivity index (χ0) is 24.8.